The van der Waals surface area contributed by atoms with Crippen LogP contribution in [-0.2, 0) is 4.79 Å². The first-order valence-corrected chi connectivity index (χ1v) is 6.82. The fourth-order valence-corrected chi connectivity index (χ4v) is 1.80. The van der Waals surface area contributed by atoms with Crippen LogP contribution >= 0.6 is 0 Å². The molecule has 0 bridgehead atoms. The van der Waals surface area contributed by atoms with Gasteiger partial charge in [0.05, 0.1) is 6.04 Å². The summed E-state index contributed by atoms with van der Waals surface area (Å²) in [6.07, 6.45) is 2.23. The summed E-state index contributed by atoms with van der Waals surface area (Å²) in [5.41, 5.74) is 5.87. The van der Waals surface area contributed by atoms with Gasteiger partial charge in [-0.3, -0.25) is 4.79 Å². The minimum atomic E-state index is -0.406. The van der Waals surface area contributed by atoms with E-state index < -0.39 is 6.04 Å². The number of rotatable bonds is 6. The van der Waals surface area contributed by atoms with Crippen molar-refractivity contribution in [2.24, 2.45) is 17.1 Å². The molecule has 0 rings (SSSR count). The molecule has 0 aliphatic rings. The average molecular weight is 242 g/mol. The largest absolute Gasteiger partial charge is 0.341 e. The van der Waals surface area contributed by atoms with Crippen molar-refractivity contribution in [1.82, 2.24) is 4.90 Å². The van der Waals surface area contributed by atoms with Gasteiger partial charge >= 0.3 is 0 Å². The van der Waals surface area contributed by atoms with E-state index in [1.807, 2.05) is 32.6 Å². The Hall–Kier alpha value is -0.570. The maximum Gasteiger partial charge on any atom is 0.240 e. The molecule has 0 saturated carbocycles. The molecule has 1 atom stereocenters. The maximum atomic E-state index is 12.3. The molecule has 0 fully saturated rings. The normalized spacial score (nSPS) is 13.9. The fraction of sp³-hybridized carbons (Fsp3) is 0.929. The summed E-state index contributed by atoms with van der Waals surface area (Å²) in [6.45, 7) is 14.0. The molecule has 1 unspecified atom stereocenters. The number of nitrogens with zero attached hydrogens (tertiary/aromatic N) is 1. The highest BCUT2D eigenvalue weighted by Crippen LogP contribution is 2.20. The summed E-state index contributed by atoms with van der Waals surface area (Å²) in [7, 11) is 0. The molecule has 0 aromatic carbocycles. The second kappa shape index (κ2) is 7.00. The summed E-state index contributed by atoms with van der Waals surface area (Å²) in [5.74, 6) is 0.679. The molecule has 0 aromatic heterocycles. The summed E-state index contributed by atoms with van der Waals surface area (Å²) in [5, 5.41) is 0. The van der Waals surface area contributed by atoms with Crippen molar-refractivity contribution in [3.05, 3.63) is 0 Å². The molecule has 0 radical (unpaired) electrons. The Balaban J connectivity index is 4.61. The van der Waals surface area contributed by atoms with Gasteiger partial charge in [0.1, 0.15) is 0 Å². The van der Waals surface area contributed by atoms with Crippen molar-refractivity contribution in [2.45, 2.75) is 60.4 Å². The summed E-state index contributed by atoms with van der Waals surface area (Å²) in [6, 6.07) is -0.406. The van der Waals surface area contributed by atoms with Crippen molar-refractivity contribution in [3.8, 4) is 0 Å². The van der Waals surface area contributed by atoms with Gasteiger partial charge < -0.3 is 10.6 Å². The highest BCUT2D eigenvalue weighted by atomic mass is 16.2. The number of likely N-dealkylation sites (N-methyl/N-ethyl adjacent to an activating group) is 1. The van der Waals surface area contributed by atoms with E-state index >= 15 is 0 Å². The van der Waals surface area contributed by atoms with E-state index in [1.54, 1.807) is 0 Å². The molecule has 0 aliphatic heterocycles. The van der Waals surface area contributed by atoms with Crippen molar-refractivity contribution in [1.29, 1.82) is 0 Å². The first-order valence-electron chi connectivity index (χ1n) is 6.82. The standard InChI is InChI=1S/C14H30N2O/c1-7-11(8-2)10-16(9-3)13(17)12(15)14(4,5)6/h11-12H,7-10,15H2,1-6H3. The summed E-state index contributed by atoms with van der Waals surface area (Å²) < 4.78 is 0. The molecular formula is C14H30N2O. The van der Waals surface area contributed by atoms with Gasteiger partial charge in [-0.25, -0.2) is 0 Å². The molecule has 3 heteroatoms. The first-order chi connectivity index (χ1) is 7.77. The fourth-order valence-electron chi connectivity index (χ4n) is 1.80. The lowest BCUT2D eigenvalue weighted by atomic mass is 9.86. The van der Waals surface area contributed by atoms with Crippen LogP contribution in [0, 0.1) is 11.3 Å². The van der Waals surface area contributed by atoms with E-state index in [2.05, 4.69) is 13.8 Å². The van der Waals surface area contributed by atoms with Crippen LogP contribution in [0.25, 0.3) is 0 Å². The van der Waals surface area contributed by atoms with Gasteiger partial charge in [0.2, 0.25) is 5.91 Å². The number of carbonyl (C=O) groups excluding carboxylic acids is 1. The van der Waals surface area contributed by atoms with E-state index in [0.717, 1.165) is 25.9 Å². The zero-order chi connectivity index (χ0) is 13.6. The Labute approximate surface area is 107 Å². The minimum Gasteiger partial charge on any atom is -0.341 e. The topological polar surface area (TPSA) is 46.3 Å². The van der Waals surface area contributed by atoms with Gasteiger partial charge in [-0.05, 0) is 18.3 Å². The van der Waals surface area contributed by atoms with Gasteiger partial charge in [-0.15, -0.1) is 0 Å². The second-order valence-electron chi connectivity index (χ2n) is 5.90. The molecule has 3 nitrogen and oxygen atoms in total. The van der Waals surface area contributed by atoms with E-state index in [0.29, 0.717) is 5.92 Å². The van der Waals surface area contributed by atoms with Gasteiger partial charge in [-0.2, -0.15) is 0 Å². The van der Waals surface area contributed by atoms with E-state index in [1.165, 1.54) is 0 Å². The average Bonchev–Trinajstić information content (AvgIpc) is 2.28. The van der Waals surface area contributed by atoms with E-state index in [9.17, 15) is 4.79 Å². The monoisotopic (exact) mass is 242 g/mol. The molecule has 2 N–H and O–H groups in total. The third-order valence-corrected chi connectivity index (χ3v) is 3.53. The van der Waals surface area contributed by atoms with Crippen molar-refractivity contribution in [2.75, 3.05) is 13.1 Å². The van der Waals surface area contributed by atoms with Gasteiger partial charge in [0.25, 0.3) is 0 Å². The second-order valence-corrected chi connectivity index (χ2v) is 5.90. The van der Waals surface area contributed by atoms with Crippen LogP contribution in [0.15, 0.2) is 0 Å². The van der Waals surface area contributed by atoms with Crippen LogP contribution in [0.2, 0.25) is 0 Å². The third-order valence-electron chi connectivity index (χ3n) is 3.53. The number of carbonyl (C=O) groups is 1. The van der Waals surface area contributed by atoms with Gasteiger partial charge in [-0.1, -0.05) is 47.5 Å². The molecule has 0 spiro atoms. The molecule has 1 amide bonds. The highest BCUT2D eigenvalue weighted by molar-refractivity contribution is 5.82. The highest BCUT2D eigenvalue weighted by Gasteiger charge is 2.30. The van der Waals surface area contributed by atoms with Crippen molar-refractivity contribution in [3.63, 3.8) is 0 Å². The van der Waals surface area contributed by atoms with Crippen LogP contribution in [0.4, 0.5) is 0 Å². The zero-order valence-corrected chi connectivity index (χ0v) is 12.4. The van der Waals surface area contributed by atoms with Crippen LogP contribution in [0.3, 0.4) is 0 Å². The Morgan fingerprint density at radius 3 is 1.94 bits per heavy atom. The molecule has 102 valence electrons. The molecule has 0 saturated heterocycles. The Kier molecular flexibility index (Phi) is 6.76. The van der Waals surface area contributed by atoms with E-state index in [4.69, 9.17) is 5.73 Å². The third kappa shape index (κ3) is 5.07. The number of nitrogens with two attached hydrogens (primary N) is 1. The predicted molar refractivity (Wildman–Crippen MR) is 73.8 cm³/mol. The van der Waals surface area contributed by atoms with Crippen LogP contribution in [0.1, 0.15) is 54.4 Å². The minimum absolute atomic E-state index is 0.0897. The Bertz CT molecular complexity index is 229. The quantitative estimate of drug-likeness (QED) is 0.778. The Morgan fingerprint density at radius 1 is 1.18 bits per heavy atom. The number of hydrogen-bond donors (Lipinski definition) is 1. The lowest BCUT2D eigenvalue weighted by Crippen LogP contribution is -2.51. The van der Waals surface area contributed by atoms with Gasteiger partial charge in [0.15, 0.2) is 0 Å². The predicted octanol–water partition coefficient (Wildman–Crippen LogP) is 2.64. The van der Waals surface area contributed by atoms with Crippen LogP contribution in [0.5, 0.6) is 0 Å². The molecule has 0 heterocycles. The number of hydrogen-bond acceptors (Lipinski definition) is 2. The SMILES string of the molecule is CCC(CC)CN(CC)C(=O)C(N)C(C)(C)C. The maximum absolute atomic E-state index is 12.3. The lowest BCUT2D eigenvalue weighted by Gasteiger charge is -2.33. The van der Waals surface area contributed by atoms with Gasteiger partial charge in [0, 0.05) is 13.1 Å². The van der Waals surface area contributed by atoms with Crippen molar-refractivity contribution < 1.29 is 4.79 Å². The smallest absolute Gasteiger partial charge is 0.240 e. The van der Waals surface area contributed by atoms with Crippen LogP contribution in [-0.4, -0.2) is 29.9 Å². The first kappa shape index (κ1) is 16.4. The summed E-state index contributed by atoms with van der Waals surface area (Å²) in [4.78, 5) is 14.2. The summed E-state index contributed by atoms with van der Waals surface area (Å²) >= 11 is 0. The molecule has 0 aromatic rings. The molecule has 0 aliphatic carbocycles. The van der Waals surface area contributed by atoms with E-state index in [-0.39, 0.29) is 11.3 Å². The molecular weight excluding hydrogens is 212 g/mol. The van der Waals surface area contributed by atoms with Crippen molar-refractivity contribution >= 4 is 5.91 Å². The zero-order valence-electron chi connectivity index (χ0n) is 12.4. The lowest BCUT2D eigenvalue weighted by molar-refractivity contribution is -0.135. The number of amides is 1. The van der Waals surface area contributed by atoms with Crippen LogP contribution < -0.4 is 5.73 Å². The molecule has 17 heavy (non-hydrogen) atoms. The Morgan fingerprint density at radius 2 is 1.65 bits per heavy atom.